The molecule has 0 spiro atoms. The number of amides is 1. The Kier molecular flexibility index (Phi) is 1.90. The quantitative estimate of drug-likeness (QED) is 0.615. The van der Waals surface area contributed by atoms with E-state index in [1.165, 1.54) is 19.3 Å². The standard InChI is InChI=1S/C11H19NO/c1-11(2,3)8-9(12-10(8)13)7-5-4-6-7/h7-9H,4-6H2,1-3H3,(H,12,13). The SMILES string of the molecule is CC(C)(C)C1C(=O)NC1C1CCC1. The molecule has 1 heterocycles. The third kappa shape index (κ3) is 1.36. The first-order valence-corrected chi connectivity index (χ1v) is 5.30. The van der Waals surface area contributed by atoms with Gasteiger partial charge in [0.25, 0.3) is 0 Å². The van der Waals surface area contributed by atoms with E-state index in [-0.39, 0.29) is 17.2 Å². The highest BCUT2D eigenvalue weighted by Crippen LogP contribution is 2.43. The number of nitrogens with one attached hydrogen (secondary N) is 1. The van der Waals surface area contributed by atoms with E-state index >= 15 is 0 Å². The maximum atomic E-state index is 11.4. The Morgan fingerprint density at radius 3 is 2.23 bits per heavy atom. The third-order valence-corrected chi connectivity index (χ3v) is 3.54. The van der Waals surface area contributed by atoms with Crippen LogP contribution in [0.3, 0.4) is 0 Å². The third-order valence-electron chi connectivity index (χ3n) is 3.54. The monoisotopic (exact) mass is 181 g/mol. The fourth-order valence-corrected chi connectivity index (χ4v) is 2.53. The molecule has 74 valence electrons. The molecule has 0 bridgehead atoms. The molecule has 1 aliphatic carbocycles. The van der Waals surface area contributed by atoms with Crippen LogP contribution in [-0.2, 0) is 4.79 Å². The van der Waals surface area contributed by atoms with Crippen molar-refractivity contribution in [2.45, 2.75) is 46.1 Å². The minimum Gasteiger partial charge on any atom is -0.352 e. The molecule has 1 N–H and O–H groups in total. The number of rotatable bonds is 1. The van der Waals surface area contributed by atoms with Crippen molar-refractivity contribution in [1.82, 2.24) is 5.32 Å². The van der Waals surface area contributed by atoms with Gasteiger partial charge in [0, 0.05) is 6.04 Å². The van der Waals surface area contributed by atoms with Crippen molar-refractivity contribution in [2.24, 2.45) is 17.3 Å². The van der Waals surface area contributed by atoms with Gasteiger partial charge in [-0.15, -0.1) is 0 Å². The Morgan fingerprint density at radius 1 is 1.31 bits per heavy atom. The lowest BCUT2D eigenvalue weighted by Crippen LogP contribution is -2.66. The number of carbonyl (C=O) groups excluding carboxylic acids is 1. The van der Waals surface area contributed by atoms with Gasteiger partial charge in [0.15, 0.2) is 0 Å². The summed E-state index contributed by atoms with van der Waals surface area (Å²) in [5, 5.41) is 3.06. The van der Waals surface area contributed by atoms with E-state index in [9.17, 15) is 4.79 Å². The van der Waals surface area contributed by atoms with Crippen molar-refractivity contribution in [3.8, 4) is 0 Å². The predicted octanol–water partition coefficient (Wildman–Crippen LogP) is 1.95. The van der Waals surface area contributed by atoms with Crippen LogP contribution >= 0.6 is 0 Å². The Balaban J connectivity index is 2.03. The topological polar surface area (TPSA) is 29.1 Å². The summed E-state index contributed by atoms with van der Waals surface area (Å²) < 4.78 is 0. The van der Waals surface area contributed by atoms with Crippen LogP contribution in [0.2, 0.25) is 0 Å². The summed E-state index contributed by atoms with van der Waals surface area (Å²) in [6, 6.07) is 0.487. The Hall–Kier alpha value is -0.530. The Labute approximate surface area is 80.1 Å². The first-order chi connectivity index (χ1) is 6.00. The fourth-order valence-electron chi connectivity index (χ4n) is 2.53. The molecule has 2 nitrogen and oxygen atoms in total. The lowest BCUT2D eigenvalue weighted by molar-refractivity contribution is -0.144. The van der Waals surface area contributed by atoms with Crippen LogP contribution in [0.4, 0.5) is 0 Å². The van der Waals surface area contributed by atoms with Crippen LogP contribution in [0.1, 0.15) is 40.0 Å². The maximum absolute atomic E-state index is 11.4. The van der Waals surface area contributed by atoms with E-state index in [1.807, 2.05) is 0 Å². The van der Waals surface area contributed by atoms with Gasteiger partial charge in [-0.2, -0.15) is 0 Å². The van der Waals surface area contributed by atoms with Gasteiger partial charge in [-0.1, -0.05) is 27.2 Å². The van der Waals surface area contributed by atoms with Crippen molar-refractivity contribution >= 4 is 5.91 Å². The second-order valence-electron chi connectivity index (χ2n) is 5.57. The molecule has 0 aromatic carbocycles. The number of hydrogen-bond donors (Lipinski definition) is 1. The van der Waals surface area contributed by atoms with Gasteiger partial charge in [-0.3, -0.25) is 4.79 Å². The molecule has 2 heteroatoms. The molecular formula is C11H19NO. The van der Waals surface area contributed by atoms with Crippen LogP contribution in [0.5, 0.6) is 0 Å². The molecule has 2 aliphatic rings. The van der Waals surface area contributed by atoms with Crippen LogP contribution in [0.25, 0.3) is 0 Å². The molecule has 13 heavy (non-hydrogen) atoms. The van der Waals surface area contributed by atoms with Gasteiger partial charge >= 0.3 is 0 Å². The average Bonchev–Trinajstić information content (AvgIpc) is 1.76. The number of hydrogen-bond acceptors (Lipinski definition) is 1. The Morgan fingerprint density at radius 2 is 1.92 bits per heavy atom. The highest BCUT2D eigenvalue weighted by molar-refractivity contribution is 5.86. The molecule has 2 unspecified atom stereocenters. The number of β-lactam (4-membered cyclic amide) rings is 1. The molecule has 1 saturated heterocycles. The van der Waals surface area contributed by atoms with E-state index in [0.29, 0.717) is 6.04 Å². The normalized spacial score (nSPS) is 34.8. The van der Waals surface area contributed by atoms with E-state index in [2.05, 4.69) is 26.1 Å². The molecule has 2 fully saturated rings. The summed E-state index contributed by atoms with van der Waals surface area (Å²) >= 11 is 0. The van der Waals surface area contributed by atoms with E-state index < -0.39 is 0 Å². The minimum absolute atomic E-state index is 0.141. The van der Waals surface area contributed by atoms with Crippen molar-refractivity contribution in [2.75, 3.05) is 0 Å². The van der Waals surface area contributed by atoms with Crippen LogP contribution in [0.15, 0.2) is 0 Å². The molecule has 1 aliphatic heterocycles. The molecule has 0 radical (unpaired) electrons. The van der Waals surface area contributed by atoms with E-state index in [1.54, 1.807) is 0 Å². The number of carbonyl (C=O) groups is 1. The molecular weight excluding hydrogens is 162 g/mol. The smallest absolute Gasteiger partial charge is 0.225 e. The summed E-state index contributed by atoms with van der Waals surface area (Å²) in [6.07, 6.45) is 3.99. The van der Waals surface area contributed by atoms with Crippen LogP contribution in [0, 0.1) is 17.3 Å². The summed E-state index contributed by atoms with van der Waals surface area (Å²) in [6.45, 7) is 6.51. The average molecular weight is 181 g/mol. The summed E-state index contributed by atoms with van der Waals surface area (Å²) in [5.41, 5.74) is 0.141. The van der Waals surface area contributed by atoms with Gasteiger partial charge in [0.05, 0.1) is 5.92 Å². The maximum Gasteiger partial charge on any atom is 0.225 e. The lowest BCUT2D eigenvalue weighted by Gasteiger charge is -2.50. The zero-order chi connectivity index (χ0) is 9.64. The molecule has 0 aromatic heterocycles. The summed E-state index contributed by atoms with van der Waals surface area (Å²) in [7, 11) is 0. The highest BCUT2D eigenvalue weighted by Gasteiger charge is 2.50. The van der Waals surface area contributed by atoms with E-state index in [4.69, 9.17) is 0 Å². The molecule has 2 rings (SSSR count). The second-order valence-corrected chi connectivity index (χ2v) is 5.57. The zero-order valence-corrected chi connectivity index (χ0v) is 8.76. The lowest BCUT2D eigenvalue weighted by atomic mass is 9.63. The minimum atomic E-state index is 0.141. The summed E-state index contributed by atoms with van der Waals surface area (Å²) in [5.74, 6) is 1.31. The van der Waals surface area contributed by atoms with Gasteiger partial charge in [-0.05, 0) is 24.2 Å². The van der Waals surface area contributed by atoms with Gasteiger partial charge in [0.2, 0.25) is 5.91 Å². The molecule has 0 aromatic rings. The van der Waals surface area contributed by atoms with Gasteiger partial charge in [0.1, 0.15) is 0 Å². The van der Waals surface area contributed by atoms with Crippen LogP contribution in [-0.4, -0.2) is 11.9 Å². The largest absolute Gasteiger partial charge is 0.352 e. The predicted molar refractivity (Wildman–Crippen MR) is 52.2 cm³/mol. The first-order valence-electron chi connectivity index (χ1n) is 5.30. The van der Waals surface area contributed by atoms with E-state index in [0.717, 1.165) is 5.92 Å². The van der Waals surface area contributed by atoms with Gasteiger partial charge < -0.3 is 5.32 Å². The second kappa shape index (κ2) is 2.73. The van der Waals surface area contributed by atoms with Crippen molar-refractivity contribution in [1.29, 1.82) is 0 Å². The molecule has 1 saturated carbocycles. The summed E-state index contributed by atoms with van der Waals surface area (Å²) in [4.78, 5) is 11.4. The first kappa shape index (κ1) is 9.04. The van der Waals surface area contributed by atoms with Crippen LogP contribution < -0.4 is 5.32 Å². The van der Waals surface area contributed by atoms with Crippen molar-refractivity contribution in [3.63, 3.8) is 0 Å². The fraction of sp³-hybridized carbons (Fsp3) is 0.909. The van der Waals surface area contributed by atoms with Crippen molar-refractivity contribution in [3.05, 3.63) is 0 Å². The highest BCUT2D eigenvalue weighted by atomic mass is 16.2. The van der Waals surface area contributed by atoms with Crippen molar-refractivity contribution < 1.29 is 4.79 Å². The molecule has 1 amide bonds. The Bertz CT molecular complexity index is 225. The van der Waals surface area contributed by atoms with Gasteiger partial charge in [-0.25, -0.2) is 0 Å². The zero-order valence-electron chi connectivity index (χ0n) is 8.76. The molecule has 2 atom stereocenters.